The maximum absolute atomic E-state index is 6.03. The van der Waals surface area contributed by atoms with Crippen molar-refractivity contribution < 1.29 is 4.74 Å². The number of anilines is 1. The number of para-hydroxylation sites is 1. The molecule has 0 saturated heterocycles. The van der Waals surface area contributed by atoms with Gasteiger partial charge in [0.05, 0.1) is 6.04 Å². The van der Waals surface area contributed by atoms with Gasteiger partial charge < -0.3 is 10.1 Å². The summed E-state index contributed by atoms with van der Waals surface area (Å²) in [5.41, 5.74) is 2.06. The zero-order valence-electron chi connectivity index (χ0n) is 11.0. The number of hydrogen-bond donors (Lipinski definition) is 1. The molecule has 0 spiro atoms. The van der Waals surface area contributed by atoms with Crippen LogP contribution in [0.25, 0.3) is 0 Å². The van der Waals surface area contributed by atoms with E-state index in [-0.39, 0.29) is 11.6 Å². The maximum Gasteiger partial charge on any atom is 0.128 e. The molecular formula is C16H16BrNO. The first kappa shape index (κ1) is 12.5. The lowest BCUT2D eigenvalue weighted by molar-refractivity contribution is 0.118. The maximum atomic E-state index is 6.03. The highest BCUT2D eigenvalue weighted by Crippen LogP contribution is 2.44. The monoisotopic (exact) mass is 317 g/mol. The van der Waals surface area contributed by atoms with Gasteiger partial charge in [0.1, 0.15) is 11.4 Å². The molecule has 1 aliphatic rings. The molecule has 1 heterocycles. The van der Waals surface area contributed by atoms with Gasteiger partial charge in [0.25, 0.3) is 0 Å². The fourth-order valence-corrected chi connectivity index (χ4v) is 2.76. The average Bonchev–Trinajstić information content (AvgIpc) is 2.63. The van der Waals surface area contributed by atoms with Gasteiger partial charge in [-0.15, -0.1) is 0 Å². The van der Waals surface area contributed by atoms with E-state index in [9.17, 15) is 0 Å². The van der Waals surface area contributed by atoms with Gasteiger partial charge in [-0.05, 0) is 44.2 Å². The number of rotatable bonds is 2. The van der Waals surface area contributed by atoms with Crippen LogP contribution in [-0.2, 0) is 0 Å². The van der Waals surface area contributed by atoms with E-state index in [1.807, 2.05) is 24.3 Å². The zero-order chi connectivity index (χ0) is 13.5. The number of hydrogen-bond acceptors (Lipinski definition) is 2. The Balaban J connectivity index is 1.93. The minimum atomic E-state index is -0.253. The lowest BCUT2D eigenvalue weighted by Crippen LogP contribution is -2.34. The number of nitrogens with one attached hydrogen (secondary N) is 1. The smallest absolute Gasteiger partial charge is 0.128 e. The molecule has 0 aliphatic carbocycles. The van der Waals surface area contributed by atoms with E-state index < -0.39 is 0 Å². The summed E-state index contributed by atoms with van der Waals surface area (Å²) in [6, 6.07) is 16.6. The van der Waals surface area contributed by atoms with Crippen molar-refractivity contribution in [2.45, 2.75) is 25.5 Å². The molecule has 0 amide bonds. The van der Waals surface area contributed by atoms with Crippen molar-refractivity contribution in [3.63, 3.8) is 0 Å². The molecule has 0 aromatic heterocycles. The molecule has 1 atom stereocenters. The van der Waals surface area contributed by atoms with Crippen LogP contribution in [0, 0.1) is 0 Å². The third-order valence-electron chi connectivity index (χ3n) is 3.45. The van der Waals surface area contributed by atoms with E-state index in [4.69, 9.17) is 4.74 Å². The van der Waals surface area contributed by atoms with E-state index >= 15 is 0 Å². The van der Waals surface area contributed by atoms with Crippen LogP contribution >= 0.6 is 15.9 Å². The molecule has 0 fully saturated rings. The summed E-state index contributed by atoms with van der Waals surface area (Å²) in [6.45, 7) is 4.23. The number of fused-ring (bicyclic) bond motifs is 1. The Labute approximate surface area is 121 Å². The Morgan fingerprint density at radius 1 is 1.05 bits per heavy atom. The van der Waals surface area contributed by atoms with Crippen molar-refractivity contribution in [3.8, 4) is 5.75 Å². The second-order valence-corrected chi connectivity index (χ2v) is 6.24. The van der Waals surface area contributed by atoms with E-state index in [0.717, 1.165) is 15.9 Å². The zero-order valence-corrected chi connectivity index (χ0v) is 12.6. The summed E-state index contributed by atoms with van der Waals surface area (Å²) in [6.07, 6.45) is 0. The van der Waals surface area contributed by atoms with Crippen molar-refractivity contribution in [1.29, 1.82) is 0 Å². The summed E-state index contributed by atoms with van der Waals surface area (Å²) >= 11 is 3.45. The van der Waals surface area contributed by atoms with E-state index in [1.54, 1.807) is 0 Å². The van der Waals surface area contributed by atoms with E-state index in [1.165, 1.54) is 5.56 Å². The first-order valence-corrected chi connectivity index (χ1v) is 7.15. The van der Waals surface area contributed by atoms with E-state index in [0.29, 0.717) is 0 Å². The number of benzene rings is 2. The van der Waals surface area contributed by atoms with Gasteiger partial charge in [-0.3, -0.25) is 0 Å². The Morgan fingerprint density at radius 3 is 2.47 bits per heavy atom. The molecule has 1 aliphatic heterocycles. The van der Waals surface area contributed by atoms with Gasteiger partial charge in [-0.25, -0.2) is 0 Å². The summed E-state index contributed by atoms with van der Waals surface area (Å²) in [5.74, 6) is 0.974. The van der Waals surface area contributed by atoms with Gasteiger partial charge in [0.15, 0.2) is 0 Å². The second-order valence-electron chi connectivity index (χ2n) is 5.33. The molecule has 98 valence electrons. The lowest BCUT2D eigenvalue weighted by Gasteiger charge is -2.28. The van der Waals surface area contributed by atoms with Gasteiger partial charge in [0, 0.05) is 15.7 Å². The largest absolute Gasteiger partial charge is 0.485 e. The van der Waals surface area contributed by atoms with Crippen LogP contribution in [0.15, 0.2) is 53.0 Å². The molecule has 0 saturated carbocycles. The van der Waals surface area contributed by atoms with Crippen molar-refractivity contribution in [2.24, 2.45) is 0 Å². The van der Waals surface area contributed by atoms with Crippen LogP contribution in [0.1, 0.15) is 25.5 Å². The topological polar surface area (TPSA) is 21.3 Å². The average molecular weight is 318 g/mol. The lowest BCUT2D eigenvalue weighted by atomic mass is 9.94. The molecule has 3 rings (SSSR count). The first-order chi connectivity index (χ1) is 9.06. The van der Waals surface area contributed by atoms with Crippen LogP contribution in [0.4, 0.5) is 5.69 Å². The summed E-state index contributed by atoms with van der Waals surface area (Å²) < 4.78 is 7.11. The standard InChI is InChI=1S/C16H16BrNO/c1-16(2)15(13-5-3-4-6-14(13)19-16)18-12-9-7-11(17)8-10-12/h3-10,15,18H,1-2H3. The molecule has 2 aromatic rings. The van der Waals surface area contributed by atoms with Crippen LogP contribution in [0.5, 0.6) is 5.75 Å². The predicted molar refractivity (Wildman–Crippen MR) is 81.7 cm³/mol. The molecule has 2 nitrogen and oxygen atoms in total. The Kier molecular flexibility index (Phi) is 3.02. The molecule has 3 heteroatoms. The van der Waals surface area contributed by atoms with E-state index in [2.05, 4.69) is 59.4 Å². The van der Waals surface area contributed by atoms with Gasteiger partial charge in [-0.2, -0.15) is 0 Å². The highest BCUT2D eigenvalue weighted by molar-refractivity contribution is 9.10. The summed E-state index contributed by atoms with van der Waals surface area (Å²) in [4.78, 5) is 0. The summed E-state index contributed by atoms with van der Waals surface area (Å²) in [7, 11) is 0. The second kappa shape index (κ2) is 4.57. The first-order valence-electron chi connectivity index (χ1n) is 6.36. The fraction of sp³-hybridized carbons (Fsp3) is 0.250. The Bertz CT molecular complexity index is 592. The molecular weight excluding hydrogens is 302 g/mol. The minimum absolute atomic E-state index is 0.157. The van der Waals surface area contributed by atoms with Crippen molar-refractivity contribution >= 4 is 21.6 Å². The minimum Gasteiger partial charge on any atom is -0.485 e. The number of ether oxygens (including phenoxy) is 1. The molecule has 2 aromatic carbocycles. The van der Waals surface area contributed by atoms with Crippen LogP contribution in [0.2, 0.25) is 0 Å². The van der Waals surface area contributed by atoms with Gasteiger partial charge in [-0.1, -0.05) is 34.1 Å². The third-order valence-corrected chi connectivity index (χ3v) is 3.98. The normalized spacial score (nSPS) is 19.6. The predicted octanol–water partition coefficient (Wildman–Crippen LogP) is 4.77. The molecule has 0 radical (unpaired) electrons. The van der Waals surface area contributed by atoms with Crippen LogP contribution in [0.3, 0.4) is 0 Å². The molecule has 1 N–H and O–H groups in total. The third kappa shape index (κ3) is 2.35. The molecule has 0 bridgehead atoms. The SMILES string of the molecule is CC1(C)Oc2ccccc2C1Nc1ccc(Br)cc1. The number of halogens is 1. The van der Waals surface area contributed by atoms with Crippen molar-refractivity contribution in [1.82, 2.24) is 0 Å². The van der Waals surface area contributed by atoms with Crippen molar-refractivity contribution in [2.75, 3.05) is 5.32 Å². The fourth-order valence-electron chi connectivity index (χ4n) is 2.49. The van der Waals surface area contributed by atoms with Crippen LogP contribution < -0.4 is 10.1 Å². The molecule has 1 unspecified atom stereocenters. The molecule has 19 heavy (non-hydrogen) atoms. The highest BCUT2D eigenvalue weighted by Gasteiger charge is 2.40. The van der Waals surface area contributed by atoms with Crippen LogP contribution in [-0.4, -0.2) is 5.60 Å². The Hall–Kier alpha value is -1.48. The quantitative estimate of drug-likeness (QED) is 0.861. The van der Waals surface area contributed by atoms with Crippen molar-refractivity contribution in [3.05, 3.63) is 58.6 Å². The summed E-state index contributed by atoms with van der Waals surface area (Å²) in [5, 5.41) is 3.57. The Morgan fingerprint density at radius 2 is 1.74 bits per heavy atom. The van der Waals surface area contributed by atoms with Gasteiger partial charge >= 0.3 is 0 Å². The van der Waals surface area contributed by atoms with Gasteiger partial charge in [0.2, 0.25) is 0 Å². The highest BCUT2D eigenvalue weighted by atomic mass is 79.9.